The van der Waals surface area contributed by atoms with E-state index < -0.39 is 6.09 Å². The number of hydrogen-bond donors (Lipinski definition) is 2. The fourth-order valence-electron chi connectivity index (χ4n) is 2.00. The van der Waals surface area contributed by atoms with Gasteiger partial charge in [-0.1, -0.05) is 43.3 Å². The highest BCUT2D eigenvalue weighted by Gasteiger charge is 2.07. The topological polar surface area (TPSA) is 49.3 Å². The van der Waals surface area contributed by atoms with Crippen LogP contribution in [-0.2, 0) is 0 Å². The highest BCUT2D eigenvalue weighted by atomic mass is 19.1. The number of nitrogens with one attached hydrogen (secondary N) is 1. The number of halogens is 1. The van der Waals surface area contributed by atoms with Crippen LogP contribution in [-0.4, -0.2) is 17.7 Å². The van der Waals surface area contributed by atoms with Crippen molar-refractivity contribution < 1.29 is 14.3 Å². The first-order chi connectivity index (χ1) is 9.56. The van der Waals surface area contributed by atoms with Crippen molar-refractivity contribution in [3.8, 4) is 11.1 Å². The maximum atomic E-state index is 12.9. The molecule has 1 unspecified atom stereocenters. The quantitative estimate of drug-likeness (QED) is 0.888. The molecule has 0 saturated carbocycles. The van der Waals surface area contributed by atoms with E-state index in [-0.39, 0.29) is 11.7 Å². The molecule has 2 N–H and O–H groups in total. The van der Waals surface area contributed by atoms with Crippen LogP contribution in [0.5, 0.6) is 0 Å². The first-order valence-corrected chi connectivity index (χ1v) is 6.39. The maximum absolute atomic E-state index is 12.9. The van der Waals surface area contributed by atoms with Gasteiger partial charge in [-0.25, -0.2) is 9.18 Å². The lowest BCUT2D eigenvalue weighted by Crippen LogP contribution is -2.25. The smallest absolute Gasteiger partial charge is 0.404 e. The van der Waals surface area contributed by atoms with Crippen molar-refractivity contribution in [1.29, 1.82) is 0 Å². The van der Waals surface area contributed by atoms with Crippen LogP contribution in [0.25, 0.3) is 11.1 Å². The molecule has 3 nitrogen and oxygen atoms in total. The highest BCUT2D eigenvalue weighted by Crippen LogP contribution is 2.22. The lowest BCUT2D eigenvalue weighted by molar-refractivity contribution is 0.194. The summed E-state index contributed by atoms with van der Waals surface area (Å²) in [5, 5.41) is 11.0. The molecule has 0 radical (unpaired) electrons. The molecule has 0 aliphatic rings. The molecule has 104 valence electrons. The fraction of sp³-hybridized carbons (Fsp3) is 0.188. The van der Waals surface area contributed by atoms with Crippen LogP contribution in [0.3, 0.4) is 0 Å². The molecule has 2 aromatic carbocycles. The van der Waals surface area contributed by atoms with Gasteiger partial charge in [0, 0.05) is 6.54 Å². The van der Waals surface area contributed by atoms with Crippen LogP contribution in [0.1, 0.15) is 18.4 Å². The van der Waals surface area contributed by atoms with Crippen molar-refractivity contribution in [3.63, 3.8) is 0 Å². The average Bonchev–Trinajstić information content (AvgIpc) is 2.46. The lowest BCUT2D eigenvalue weighted by Gasteiger charge is -2.12. The van der Waals surface area contributed by atoms with Crippen molar-refractivity contribution in [3.05, 3.63) is 59.9 Å². The monoisotopic (exact) mass is 273 g/mol. The van der Waals surface area contributed by atoms with Crippen molar-refractivity contribution in [2.75, 3.05) is 6.54 Å². The molecular weight excluding hydrogens is 257 g/mol. The second kappa shape index (κ2) is 6.19. The standard InChI is InChI=1S/C16H16FNO2/c1-11(10-18-16(19)20)12-2-4-13(5-3-12)14-6-8-15(17)9-7-14/h2-9,11,18H,10H2,1H3,(H,19,20). The Balaban J connectivity index is 2.09. The van der Waals surface area contributed by atoms with Gasteiger partial charge in [-0.15, -0.1) is 0 Å². The lowest BCUT2D eigenvalue weighted by atomic mass is 9.97. The van der Waals surface area contributed by atoms with Gasteiger partial charge in [-0.2, -0.15) is 0 Å². The molecule has 20 heavy (non-hydrogen) atoms. The molecule has 2 rings (SSSR count). The molecule has 0 fully saturated rings. The van der Waals surface area contributed by atoms with Gasteiger partial charge >= 0.3 is 6.09 Å². The number of rotatable bonds is 4. The molecule has 0 bridgehead atoms. The first kappa shape index (κ1) is 14.1. The predicted molar refractivity (Wildman–Crippen MR) is 76.3 cm³/mol. The van der Waals surface area contributed by atoms with Gasteiger partial charge in [0.15, 0.2) is 0 Å². The molecule has 0 heterocycles. The fourth-order valence-corrected chi connectivity index (χ4v) is 2.00. The minimum Gasteiger partial charge on any atom is -0.465 e. The van der Waals surface area contributed by atoms with Crippen LogP contribution in [0.4, 0.5) is 9.18 Å². The highest BCUT2D eigenvalue weighted by molar-refractivity contribution is 5.65. The van der Waals surface area contributed by atoms with Gasteiger partial charge in [-0.05, 0) is 34.7 Å². The molecule has 1 amide bonds. The number of amides is 1. The molecule has 0 aromatic heterocycles. The largest absolute Gasteiger partial charge is 0.465 e. The summed E-state index contributed by atoms with van der Waals surface area (Å²) in [5.41, 5.74) is 3.02. The summed E-state index contributed by atoms with van der Waals surface area (Å²) < 4.78 is 12.9. The van der Waals surface area contributed by atoms with E-state index >= 15 is 0 Å². The van der Waals surface area contributed by atoms with Crippen molar-refractivity contribution in [2.45, 2.75) is 12.8 Å². The van der Waals surface area contributed by atoms with Crippen LogP contribution >= 0.6 is 0 Å². The van der Waals surface area contributed by atoms with Crippen LogP contribution in [0.15, 0.2) is 48.5 Å². The second-order valence-electron chi connectivity index (χ2n) is 4.72. The zero-order chi connectivity index (χ0) is 14.5. The Morgan fingerprint density at radius 1 is 1.10 bits per heavy atom. The van der Waals surface area contributed by atoms with E-state index in [0.717, 1.165) is 16.7 Å². The first-order valence-electron chi connectivity index (χ1n) is 6.39. The molecular formula is C16H16FNO2. The molecule has 0 aliphatic heterocycles. The third kappa shape index (κ3) is 3.57. The Morgan fingerprint density at radius 2 is 1.60 bits per heavy atom. The normalized spacial score (nSPS) is 11.9. The average molecular weight is 273 g/mol. The van der Waals surface area contributed by atoms with Crippen molar-refractivity contribution in [2.24, 2.45) is 0 Å². The third-order valence-electron chi connectivity index (χ3n) is 3.22. The van der Waals surface area contributed by atoms with Crippen LogP contribution in [0, 0.1) is 5.82 Å². The van der Waals surface area contributed by atoms with E-state index in [2.05, 4.69) is 5.32 Å². The predicted octanol–water partition coefficient (Wildman–Crippen LogP) is 3.86. The van der Waals surface area contributed by atoms with E-state index in [4.69, 9.17) is 5.11 Å². The van der Waals surface area contributed by atoms with Gasteiger partial charge in [0.05, 0.1) is 0 Å². The third-order valence-corrected chi connectivity index (χ3v) is 3.22. The Labute approximate surface area is 117 Å². The van der Waals surface area contributed by atoms with E-state index in [0.29, 0.717) is 6.54 Å². The number of hydrogen-bond acceptors (Lipinski definition) is 1. The summed E-state index contributed by atoms with van der Waals surface area (Å²) in [6.45, 7) is 2.34. The zero-order valence-corrected chi connectivity index (χ0v) is 11.1. The summed E-state index contributed by atoms with van der Waals surface area (Å²) in [4.78, 5) is 10.5. The molecule has 4 heteroatoms. The summed E-state index contributed by atoms with van der Waals surface area (Å²) in [6.07, 6.45) is -1.01. The molecule has 2 aromatic rings. The Bertz CT molecular complexity index is 578. The van der Waals surface area contributed by atoms with Gasteiger partial charge in [0.2, 0.25) is 0 Å². The summed E-state index contributed by atoms with van der Waals surface area (Å²) in [7, 11) is 0. The maximum Gasteiger partial charge on any atom is 0.404 e. The minimum atomic E-state index is -1.01. The summed E-state index contributed by atoms with van der Waals surface area (Å²) in [6, 6.07) is 14.2. The van der Waals surface area contributed by atoms with Gasteiger partial charge < -0.3 is 10.4 Å². The van der Waals surface area contributed by atoms with Crippen molar-refractivity contribution in [1.82, 2.24) is 5.32 Å². The summed E-state index contributed by atoms with van der Waals surface area (Å²) in [5.74, 6) is -0.146. The van der Waals surface area contributed by atoms with E-state index in [9.17, 15) is 9.18 Å². The van der Waals surface area contributed by atoms with E-state index in [1.54, 1.807) is 12.1 Å². The minimum absolute atomic E-state index is 0.105. The molecule has 1 atom stereocenters. The van der Waals surface area contributed by atoms with Crippen LogP contribution < -0.4 is 5.32 Å². The van der Waals surface area contributed by atoms with Crippen LogP contribution in [0.2, 0.25) is 0 Å². The molecule has 0 saturated heterocycles. The van der Waals surface area contributed by atoms with Gasteiger partial charge in [-0.3, -0.25) is 0 Å². The van der Waals surface area contributed by atoms with E-state index in [1.807, 2.05) is 31.2 Å². The zero-order valence-electron chi connectivity index (χ0n) is 11.1. The van der Waals surface area contributed by atoms with E-state index in [1.165, 1.54) is 12.1 Å². The Morgan fingerprint density at radius 3 is 2.10 bits per heavy atom. The number of carbonyl (C=O) groups is 1. The van der Waals surface area contributed by atoms with Gasteiger partial charge in [0.25, 0.3) is 0 Å². The van der Waals surface area contributed by atoms with Crippen molar-refractivity contribution >= 4 is 6.09 Å². The summed E-state index contributed by atoms with van der Waals surface area (Å²) >= 11 is 0. The Hall–Kier alpha value is -2.36. The SMILES string of the molecule is CC(CNC(=O)O)c1ccc(-c2ccc(F)cc2)cc1. The van der Waals surface area contributed by atoms with Gasteiger partial charge in [0.1, 0.15) is 5.82 Å². The Kier molecular flexibility index (Phi) is 4.35. The number of carboxylic acid groups (broad SMARTS) is 1. The second-order valence-corrected chi connectivity index (χ2v) is 4.72. The molecule has 0 aliphatic carbocycles. The number of benzene rings is 2. The molecule has 0 spiro atoms.